The second kappa shape index (κ2) is 7.62. The van der Waals surface area contributed by atoms with E-state index in [1.807, 2.05) is 24.3 Å². The summed E-state index contributed by atoms with van der Waals surface area (Å²) < 4.78 is 5.76. The smallest absolute Gasteiger partial charge is 0.255 e. The highest BCUT2D eigenvalue weighted by Crippen LogP contribution is 2.24. The van der Waals surface area contributed by atoms with Crippen LogP contribution in [0.25, 0.3) is 0 Å². The van der Waals surface area contributed by atoms with E-state index in [4.69, 9.17) is 16.3 Å². The number of aromatic nitrogens is 1. The zero-order valence-electron chi connectivity index (χ0n) is 12.8. The summed E-state index contributed by atoms with van der Waals surface area (Å²) in [6.45, 7) is 0.347. The Kier molecular flexibility index (Phi) is 5.08. The van der Waals surface area contributed by atoms with E-state index in [2.05, 4.69) is 10.3 Å². The second-order valence-corrected chi connectivity index (χ2v) is 5.47. The van der Waals surface area contributed by atoms with Crippen molar-refractivity contribution in [1.29, 1.82) is 0 Å². The Bertz CT molecular complexity index is 838. The van der Waals surface area contributed by atoms with Crippen LogP contribution in [0, 0.1) is 0 Å². The highest BCUT2D eigenvalue weighted by atomic mass is 35.5. The summed E-state index contributed by atoms with van der Waals surface area (Å²) in [5, 5.41) is 3.49. The number of carbonyl (C=O) groups excluding carboxylic acids is 1. The SMILES string of the molecule is O=C(NCc1ccccc1Cl)c1ccccc1Oc1cccnc1. The molecule has 3 rings (SSSR count). The summed E-state index contributed by atoms with van der Waals surface area (Å²) in [6, 6.07) is 18.0. The maximum atomic E-state index is 12.5. The van der Waals surface area contributed by atoms with E-state index < -0.39 is 0 Å². The number of pyridine rings is 1. The standard InChI is InChI=1S/C19H15ClN2O2/c20-17-9-3-1-6-14(17)12-22-19(23)16-8-2-4-10-18(16)24-15-7-5-11-21-13-15/h1-11,13H,12H2,(H,22,23). The van der Waals surface area contributed by atoms with Crippen LogP contribution in [-0.4, -0.2) is 10.9 Å². The first-order valence-corrected chi connectivity index (χ1v) is 7.80. The third-order valence-electron chi connectivity index (χ3n) is 3.39. The molecule has 0 radical (unpaired) electrons. The first-order valence-electron chi connectivity index (χ1n) is 7.42. The van der Waals surface area contributed by atoms with Crippen molar-refractivity contribution in [1.82, 2.24) is 10.3 Å². The first-order chi connectivity index (χ1) is 11.7. The molecular weight excluding hydrogens is 324 g/mol. The predicted molar refractivity (Wildman–Crippen MR) is 93.4 cm³/mol. The summed E-state index contributed by atoms with van der Waals surface area (Å²) in [4.78, 5) is 16.5. The Morgan fingerprint density at radius 3 is 2.62 bits per heavy atom. The molecule has 0 saturated heterocycles. The molecule has 0 atom stereocenters. The molecule has 0 saturated carbocycles. The number of carbonyl (C=O) groups is 1. The van der Waals surface area contributed by atoms with Gasteiger partial charge < -0.3 is 10.1 Å². The molecule has 1 N–H and O–H groups in total. The Morgan fingerprint density at radius 1 is 1.04 bits per heavy atom. The molecule has 0 aliphatic heterocycles. The molecule has 0 bridgehead atoms. The number of ether oxygens (including phenoxy) is 1. The largest absolute Gasteiger partial charge is 0.455 e. The Hall–Kier alpha value is -2.85. The molecule has 24 heavy (non-hydrogen) atoms. The average Bonchev–Trinajstić information content (AvgIpc) is 2.62. The number of amides is 1. The van der Waals surface area contributed by atoms with Gasteiger partial charge in [-0.15, -0.1) is 0 Å². The van der Waals surface area contributed by atoms with E-state index in [-0.39, 0.29) is 5.91 Å². The van der Waals surface area contributed by atoms with Crippen LogP contribution in [0.2, 0.25) is 5.02 Å². The molecule has 1 aromatic heterocycles. The lowest BCUT2D eigenvalue weighted by atomic mass is 10.1. The average molecular weight is 339 g/mol. The summed E-state index contributed by atoms with van der Waals surface area (Å²) in [5.41, 5.74) is 1.31. The van der Waals surface area contributed by atoms with E-state index in [0.717, 1.165) is 5.56 Å². The summed E-state index contributed by atoms with van der Waals surface area (Å²) in [5.74, 6) is 0.820. The summed E-state index contributed by atoms with van der Waals surface area (Å²) in [6.07, 6.45) is 3.26. The number of rotatable bonds is 5. The van der Waals surface area contributed by atoms with Gasteiger partial charge in [-0.2, -0.15) is 0 Å². The zero-order valence-corrected chi connectivity index (χ0v) is 13.5. The van der Waals surface area contributed by atoms with E-state index in [1.54, 1.807) is 48.8 Å². The van der Waals surface area contributed by atoms with Gasteiger partial charge in [-0.1, -0.05) is 41.9 Å². The number of hydrogen-bond acceptors (Lipinski definition) is 3. The molecule has 1 amide bonds. The van der Waals surface area contributed by atoms with Crippen LogP contribution in [0.3, 0.4) is 0 Å². The van der Waals surface area contributed by atoms with Crippen LogP contribution < -0.4 is 10.1 Å². The van der Waals surface area contributed by atoms with Crippen molar-refractivity contribution >= 4 is 17.5 Å². The van der Waals surface area contributed by atoms with Crippen molar-refractivity contribution in [2.75, 3.05) is 0 Å². The number of nitrogens with one attached hydrogen (secondary N) is 1. The fourth-order valence-corrected chi connectivity index (χ4v) is 2.39. The zero-order chi connectivity index (χ0) is 16.8. The van der Waals surface area contributed by atoms with E-state index in [1.165, 1.54) is 0 Å². The van der Waals surface area contributed by atoms with Gasteiger partial charge >= 0.3 is 0 Å². The quantitative estimate of drug-likeness (QED) is 0.747. The fourth-order valence-electron chi connectivity index (χ4n) is 2.19. The monoisotopic (exact) mass is 338 g/mol. The molecule has 120 valence electrons. The highest BCUT2D eigenvalue weighted by Gasteiger charge is 2.13. The topological polar surface area (TPSA) is 51.2 Å². The molecule has 0 aliphatic rings. The van der Waals surface area contributed by atoms with Gasteiger partial charge in [-0.05, 0) is 35.9 Å². The predicted octanol–water partition coefficient (Wildman–Crippen LogP) is 4.46. The molecular formula is C19H15ClN2O2. The number of hydrogen-bond donors (Lipinski definition) is 1. The van der Waals surface area contributed by atoms with Gasteiger partial charge in [0, 0.05) is 17.8 Å². The molecule has 3 aromatic rings. The minimum atomic E-state index is -0.227. The van der Waals surface area contributed by atoms with Crippen LogP contribution in [-0.2, 0) is 6.54 Å². The molecule has 0 aliphatic carbocycles. The first kappa shape index (κ1) is 16.0. The third-order valence-corrected chi connectivity index (χ3v) is 3.76. The molecule has 2 aromatic carbocycles. The minimum Gasteiger partial charge on any atom is -0.455 e. The van der Waals surface area contributed by atoms with Crippen molar-refractivity contribution in [2.24, 2.45) is 0 Å². The molecule has 4 nitrogen and oxygen atoms in total. The fraction of sp³-hybridized carbons (Fsp3) is 0.0526. The molecule has 0 spiro atoms. The van der Waals surface area contributed by atoms with Gasteiger partial charge in [0.1, 0.15) is 11.5 Å². The maximum Gasteiger partial charge on any atom is 0.255 e. The van der Waals surface area contributed by atoms with Crippen molar-refractivity contribution in [2.45, 2.75) is 6.54 Å². The maximum absolute atomic E-state index is 12.5. The third kappa shape index (κ3) is 3.91. The lowest BCUT2D eigenvalue weighted by molar-refractivity contribution is 0.0948. The normalized spacial score (nSPS) is 10.2. The number of para-hydroxylation sites is 1. The van der Waals surface area contributed by atoms with Crippen LogP contribution >= 0.6 is 11.6 Å². The van der Waals surface area contributed by atoms with Crippen LogP contribution in [0.1, 0.15) is 15.9 Å². The van der Waals surface area contributed by atoms with Gasteiger partial charge in [0.15, 0.2) is 0 Å². The summed E-state index contributed by atoms with van der Waals surface area (Å²) in [7, 11) is 0. The second-order valence-electron chi connectivity index (χ2n) is 5.06. The Balaban J connectivity index is 1.74. The lowest BCUT2D eigenvalue weighted by Crippen LogP contribution is -2.23. The molecule has 0 unspecified atom stereocenters. The van der Waals surface area contributed by atoms with Crippen molar-refractivity contribution in [3.63, 3.8) is 0 Å². The van der Waals surface area contributed by atoms with Crippen molar-refractivity contribution < 1.29 is 9.53 Å². The van der Waals surface area contributed by atoms with Crippen LogP contribution in [0.4, 0.5) is 0 Å². The number of nitrogens with zero attached hydrogens (tertiary/aromatic N) is 1. The highest BCUT2D eigenvalue weighted by molar-refractivity contribution is 6.31. The van der Waals surface area contributed by atoms with Gasteiger partial charge in [0.25, 0.3) is 5.91 Å². The Labute approximate surface area is 145 Å². The van der Waals surface area contributed by atoms with Crippen molar-refractivity contribution in [3.8, 4) is 11.5 Å². The molecule has 0 fully saturated rings. The van der Waals surface area contributed by atoms with Gasteiger partial charge in [-0.3, -0.25) is 9.78 Å². The van der Waals surface area contributed by atoms with Gasteiger partial charge in [-0.25, -0.2) is 0 Å². The number of benzene rings is 2. The van der Waals surface area contributed by atoms with Crippen molar-refractivity contribution in [3.05, 3.63) is 89.2 Å². The van der Waals surface area contributed by atoms with E-state index in [9.17, 15) is 4.79 Å². The number of halogens is 1. The van der Waals surface area contributed by atoms with Crippen LogP contribution in [0.5, 0.6) is 11.5 Å². The Morgan fingerprint density at radius 2 is 1.83 bits per heavy atom. The van der Waals surface area contributed by atoms with Crippen LogP contribution in [0.15, 0.2) is 73.1 Å². The van der Waals surface area contributed by atoms with Gasteiger partial charge in [0.2, 0.25) is 0 Å². The van der Waals surface area contributed by atoms with E-state index >= 15 is 0 Å². The molecule has 5 heteroatoms. The molecule has 1 heterocycles. The van der Waals surface area contributed by atoms with Gasteiger partial charge in [0.05, 0.1) is 11.8 Å². The minimum absolute atomic E-state index is 0.227. The summed E-state index contributed by atoms with van der Waals surface area (Å²) >= 11 is 6.11. The van der Waals surface area contributed by atoms with E-state index in [0.29, 0.717) is 28.6 Å². The lowest BCUT2D eigenvalue weighted by Gasteiger charge is -2.11.